The van der Waals surface area contributed by atoms with Crippen molar-refractivity contribution in [1.29, 1.82) is 0 Å². The summed E-state index contributed by atoms with van der Waals surface area (Å²) < 4.78 is 0. The second-order valence-corrected chi connectivity index (χ2v) is 6.91. The topological polar surface area (TPSA) is 98.5 Å². The Balaban J connectivity index is 1.60. The summed E-state index contributed by atoms with van der Waals surface area (Å²) in [4.78, 5) is 20.4. The molecule has 0 spiro atoms. The van der Waals surface area contributed by atoms with Gasteiger partial charge in [-0.15, -0.1) is 0 Å². The van der Waals surface area contributed by atoms with E-state index < -0.39 is 0 Å². The van der Waals surface area contributed by atoms with E-state index in [4.69, 9.17) is 23.2 Å². The van der Waals surface area contributed by atoms with Crippen LogP contribution in [0.2, 0.25) is 10.0 Å². The Kier molecular flexibility index (Phi) is 5.18. The van der Waals surface area contributed by atoms with E-state index in [1.165, 1.54) is 6.07 Å². The van der Waals surface area contributed by atoms with Crippen molar-refractivity contribution in [2.75, 3.05) is 23.7 Å². The van der Waals surface area contributed by atoms with Gasteiger partial charge in [-0.1, -0.05) is 35.3 Å². The average Bonchev–Trinajstić information content (AvgIpc) is 3.10. The number of anilines is 2. The summed E-state index contributed by atoms with van der Waals surface area (Å²) in [5, 5.41) is 13.6. The molecule has 4 N–H and O–H groups in total. The molecule has 0 saturated heterocycles. The zero-order valence-electron chi connectivity index (χ0n) is 14.6. The average molecular weight is 415 g/mol. The molecule has 0 atom stereocenters. The Morgan fingerprint density at radius 1 is 0.929 bits per heavy atom. The molecular formula is C19H16Cl2N6O. The summed E-state index contributed by atoms with van der Waals surface area (Å²) >= 11 is 12.3. The first kappa shape index (κ1) is 18.3. The number of H-pyrrole nitrogens is 2. The van der Waals surface area contributed by atoms with E-state index in [2.05, 4.69) is 30.8 Å². The molecule has 0 fully saturated rings. The SMILES string of the molecule is O=c1cc(NCCNc2nc(-c3ccc(Cl)cc3Cl)nc3ccccc23)[nH][nH]1. The molecule has 9 heteroatoms. The standard InChI is InChI=1S/C19H16Cl2N6O/c20-11-5-6-12(14(21)9-11)19-24-15-4-2-1-3-13(15)18(25-19)23-8-7-22-16-10-17(28)27-26-16/h1-6,9-10H,7-8H2,(H,23,24,25)(H3,22,26,27,28). The number of nitrogens with zero attached hydrogens (tertiary/aromatic N) is 2. The van der Waals surface area contributed by atoms with Crippen molar-refractivity contribution < 1.29 is 0 Å². The first-order valence-electron chi connectivity index (χ1n) is 8.58. The predicted octanol–water partition coefficient (Wildman–Crippen LogP) is 4.14. The second-order valence-electron chi connectivity index (χ2n) is 6.06. The number of hydrogen-bond donors (Lipinski definition) is 4. The molecule has 0 radical (unpaired) electrons. The number of aromatic amines is 2. The zero-order chi connectivity index (χ0) is 19.5. The lowest BCUT2D eigenvalue weighted by Crippen LogP contribution is -2.15. The number of aromatic nitrogens is 4. The van der Waals surface area contributed by atoms with E-state index in [1.807, 2.05) is 30.3 Å². The fourth-order valence-corrected chi connectivity index (χ4v) is 3.30. The first-order chi connectivity index (χ1) is 13.6. The van der Waals surface area contributed by atoms with Crippen LogP contribution in [0.4, 0.5) is 11.6 Å². The van der Waals surface area contributed by atoms with Gasteiger partial charge in [-0.05, 0) is 30.3 Å². The summed E-state index contributed by atoms with van der Waals surface area (Å²) in [7, 11) is 0. The fraction of sp³-hybridized carbons (Fsp3) is 0.105. The first-order valence-corrected chi connectivity index (χ1v) is 9.33. The van der Waals surface area contributed by atoms with Crippen molar-refractivity contribution in [2.45, 2.75) is 0 Å². The van der Waals surface area contributed by atoms with Crippen LogP contribution in [0.1, 0.15) is 0 Å². The van der Waals surface area contributed by atoms with E-state index in [0.717, 1.165) is 10.9 Å². The lowest BCUT2D eigenvalue weighted by Gasteiger charge is -2.12. The van der Waals surface area contributed by atoms with Crippen LogP contribution >= 0.6 is 23.2 Å². The Hall–Kier alpha value is -3.03. The molecule has 0 bridgehead atoms. The van der Waals surface area contributed by atoms with Crippen LogP contribution in [0.5, 0.6) is 0 Å². The minimum absolute atomic E-state index is 0.179. The molecule has 0 amide bonds. The number of rotatable bonds is 6. The van der Waals surface area contributed by atoms with Crippen molar-refractivity contribution in [2.24, 2.45) is 0 Å². The van der Waals surface area contributed by atoms with Crippen LogP contribution in [0.25, 0.3) is 22.3 Å². The molecule has 0 saturated carbocycles. The number of hydrogen-bond acceptors (Lipinski definition) is 5. The Morgan fingerprint density at radius 3 is 2.54 bits per heavy atom. The molecule has 28 heavy (non-hydrogen) atoms. The summed E-state index contributed by atoms with van der Waals surface area (Å²) in [6, 6.07) is 14.5. The third-order valence-electron chi connectivity index (χ3n) is 4.10. The van der Waals surface area contributed by atoms with Crippen LogP contribution in [-0.4, -0.2) is 33.3 Å². The minimum atomic E-state index is -0.179. The highest BCUT2D eigenvalue weighted by Gasteiger charge is 2.12. The van der Waals surface area contributed by atoms with Gasteiger partial charge in [-0.2, -0.15) is 0 Å². The molecule has 7 nitrogen and oxygen atoms in total. The normalized spacial score (nSPS) is 10.9. The van der Waals surface area contributed by atoms with Gasteiger partial charge in [0.2, 0.25) is 0 Å². The molecule has 142 valence electrons. The lowest BCUT2D eigenvalue weighted by molar-refractivity contribution is 1.01. The predicted molar refractivity (Wildman–Crippen MR) is 113 cm³/mol. The zero-order valence-corrected chi connectivity index (χ0v) is 16.1. The van der Waals surface area contributed by atoms with Crippen LogP contribution < -0.4 is 16.2 Å². The third-order valence-corrected chi connectivity index (χ3v) is 4.65. The Bertz CT molecular complexity index is 1190. The van der Waals surface area contributed by atoms with Gasteiger partial charge < -0.3 is 10.6 Å². The van der Waals surface area contributed by atoms with Gasteiger partial charge >= 0.3 is 0 Å². The molecule has 2 heterocycles. The van der Waals surface area contributed by atoms with E-state index in [-0.39, 0.29) is 5.56 Å². The molecule has 0 aliphatic heterocycles. The van der Waals surface area contributed by atoms with Gasteiger partial charge in [-0.25, -0.2) is 9.97 Å². The lowest BCUT2D eigenvalue weighted by atomic mass is 10.2. The second kappa shape index (κ2) is 7.92. The van der Waals surface area contributed by atoms with Crippen LogP contribution in [0, 0.1) is 0 Å². The molecule has 0 aliphatic carbocycles. The summed E-state index contributed by atoms with van der Waals surface area (Å²) in [5.41, 5.74) is 1.34. The van der Waals surface area contributed by atoms with E-state index >= 15 is 0 Å². The third kappa shape index (κ3) is 3.95. The monoisotopic (exact) mass is 414 g/mol. The van der Waals surface area contributed by atoms with Crippen molar-refractivity contribution in [3.05, 3.63) is 68.9 Å². The van der Waals surface area contributed by atoms with Gasteiger partial charge in [0.15, 0.2) is 5.82 Å². The van der Waals surface area contributed by atoms with Crippen molar-refractivity contribution in [3.63, 3.8) is 0 Å². The van der Waals surface area contributed by atoms with Crippen LogP contribution in [-0.2, 0) is 0 Å². The smallest absolute Gasteiger partial charge is 0.266 e. The maximum absolute atomic E-state index is 11.1. The van der Waals surface area contributed by atoms with Gasteiger partial charge in [0.1, 0.15) is 11.6 Å². The maximum atomic E-state index is 11.1. The molecule has 4 rings (SSSR count). The minimum Gasteiger partial charge on any atom is -0.369 e. The molecule has 2 aromatic heterocycles. The van der Waals surface area contributed by atoms with Crippen molar-refractivity contribution >= 4 is 45.7 Å². The highest BCUT2D eigenvalue weighted by Crippen LogP contribution is 2.31. The van der Waals surface area contributed by atoms with Crippen molar-refractivity contribution in [3.8, 4) is 11.4 Å². The molecular weight excluding hydrogens is 399 g/mol. The summed E-state index contributed by atoms with van der Waals surface area (Å²) in [6.45, 7) is 1.17. The van der Waals surface area contributed by atoms with Gasteiger partial charge in [0, 0.05) is 35.1 Å². The summed E-state index contributed by atoms with van der Waals surface area (Å²) in [5.74, 6) is 1.86. The van der Waals surface area contributed by atoms with Crippen LogP contribution in [0.3, 0.4) is 0 Å². The van der Waals surface area contributed by atoms with E-state index in [1.54, 1.807) is 12.1 Å². The van der Waals surface area contributed by atoms with Gasteiger partial charge in [0.05, 0.1) is 10.5 Å². The maximum Gasteiger partial charge on any atom is 0.266 e. The van der Waals surface area contributed by atoms with E-state index in [9.17, 15) is 4.79 Å². The summed E-state index contributed by atoms with van der Waals surface area (Å²) in [6.07, 6.45) is 0. The molecule has 0 unspecified atom stereocenters. The fourth-order valence-electron chi connectivity index (χ4n) is 2.81. The Labute approximate surface area is 170 Å². The number of para-hydroxylation sites is 1. The van der Waals surface area contributed by atoms with Crippen LogP contribution in [0.15, 0.2) is 53.3 Å². The quantitative estimate of drug-likeness (QED) is 0.355. The van der Waals surface area contributed by atoms with Gasteiger partial charge in [-0.3, -0.25) is 15.0 Å². The largest absolute Gasteiger partial charge is 0.369 e. The number of benzene rings is 2. The highest BCUT2D eigenvalue weighted by atomic mass is 35.5. The highest BCUT2D eigenvalue weighted by molar-refractivity contribution is 6.36. The Morgan fingerprint density at radius 2 is 1.75 bits per heavy atom. The van der Waals surface area contributed by atoms with Gasteiger partial charge in [0.25, 0.3) is 5.56 Å². The number of halogens is 2. The molecule has 2 aromatic carbocycles. The van der Waals surface area contributed by atoms with Crippen molar-refractivity contribution in [1.82, 2.24) is 20.2 Å². The molecule has 0 aliphatic rings. The number of fused-ring (bicyclic) bond motifs is 1. The molecule has 4 aromatic rings. The number of nitrogens with one attached hydrogen (secondary N) is 4. The van der Waals surface area contributed by atoms with E-state index in [0.29, 0.717) is 46.2 Å².